The summed E-state index contributed by atoms with van der Waals surface area (Å²) in [5.41, 5.74) is 0. The van der Waals surface area contributed by atoms with Gasteiger partial charge in [0, 0.05) is 6.07 Å². The fourth-order valence-corrected chi connectivity index (χ4v) is 2.65. The number of amides is 1. The lowest BCUT2D eigenvalue weighted by molar-refractivity contribution is -0.128. The minimum absolute atomic E-state index is 0.183. The molecule has 0 bridgehead atoms. The highest BCUT2D eigenvalue weighted by Crippen LogP contribution is 2.30. The molecule has 0 spiro atoms. The molecule has 1 amide bonds. The highest BCUT2D eigenvalue weighted by atomic mass is 16.6. The van der Waals surface area contributed by atoms with Gasteiger partial charge in [0.25, 0.3) is 5.91 Å². The highest BCUT2D eigenvalue weighted by molar-refractivity contribution is 5.81. The fourth-order valence-electron chi connectivity index (χ4n) is 2.65. The maximum atomic E-state index is 12.5. The molecule has 6 heteroatoms. The molecule has 0 unspecified atom stereocenters. The molecule has 0 saturated carbocycles. The molecule has 0 radical (unpaired) electrons. The summed E-state index contributed by atoms with van der Waals surface area (Å²) in [6.45, 7) is 2.65. The number of methoxy groups -OCH3 is 1. The Morgan fingerprint density at radius 2 is 1.96 bits per heavy atom. The topological polar surface area (TPSA) is 66.0 Å². The number of benzene rings is 2. The summed E-state index contributed by atoms with van der Waals surface area (Å²) in [7, 11) is 1.59. The number of nitrogens with one attached hydrogen (secondary N) is 1. The normalized spacial score (nSPS) is 16.5. The monoisotopic (exact) mass is 357 g/mol. The second-order valence-electron chi connectivity index (χ2n) is 5.94. The van der Waals surface area contributed by atoms with Gasteiger partial charge in [-0.15, -0.1) is 0 Å². The molecule has 6 nitrogen and oxygen atoms in total. The van der Waals surface area contributed by atoms with E-state index in [1.165, 1.54) is 0 Å². The number of carbonyl (C=O) groups is 1. The first-order chi connectivity index (χ1) is 12.7. The lowest BCUT2D eigenvalue weighted by Crippen LogP contribution is -2.45. The average molecular weight is 357 g/mol. The van der Waals surface area contributed by atoms with Crippen LogP contribution in [0.15, 0.2) is 48.5 Å². The predicted octanol–water partition coefficient (Wildman–Crippen LogP) is 2.81. The molecule has 0 fully saturated rings. The molecular weight excluding hydrogens is 334 g/mol. The van der Waals surface area contributed by atoms with E-state index in [1.54, 1.807) is 19.2 Å². The summed E-state index contributed by atoms with van der Waals surface area (Å²) in [6, 6.07) is 14.7. The molecule has 138 valence electrons. The van der Waals surface area contributed by atoms with Gasteiger partial charge in [-0.3, -0.25) is 4.79 Å². The molecule has 0 aliphatic carbocycles. The van der Waals surface area contributed by atoms with Crippen molar-refractivity contribution in [3.05, 3.63) is 48.5 Å². The van der Waals surface area contributed by atoms with Crippen molar-refractivity contribution in [1.29, 1.82) is 0 Å². The number of hydrogen-bond donors (Lipinski definition) is 1. The van der Waals surface area contributed by atoms with Crippen molar-refractivity contribution in [3.63, 3.8) is 0 Å². The molecule has 1 N–H and O–H groups in total. The van der Waals surface area contributed by atoms with E-state index in [2.05, 4.69) is 5.32 Å². The second-order valence-corrected chi connectivity index (χ2v) is 5.94. The lowest BCUT2D eigenvalue weighted by atomic mass is 10.2. The van der Waals surface area contributed by atoms with Crippen molar-refractivity contribution >= 4 is 5.91 Å². The van der Waals surface area contributed by atoms with Gasteiger partial charge in [0.2, 0.25) is 0 Å². The van der Waals surface area contributed by atoms with Crippen molar-refractivity contribution in [2.45, 2.75) is 25.6 Å². The predicted molar refractivity (Wildman–Crippen MR) is 97.1 cm³/mol. The average Bonchev–Trinajstić information content (AvgIpc) is 2.70. The minimum Gasteiger partial charge on any atom is -0.497 e. The summed E-state index contributed by atoms with van der Waals surface area (Å²) in [5, 5.41) is 2.88. The molecule has 1 aliphatic rings. The first-order valence-electron chi connectivity index (χ1n) is 8.66. The molecule has 2 atom stereocenters. The van der Waals surface area contributed by atoms with E-state index in [0.29, 0.717) is 36.8 Å². The van der Waals surface area contributed by atoms with Crippen LogP contribution in [-0.4, -0.2) is 38.4 Å². The number of fused-ring (bicyclic) bond motifs is 1. The third-order valence-electron chi connectivity index (χ3n) is 4.05. The van der Waals surface area contributed by atoms with E-state index >= 15 is 0 Å². The van der Waals surface area contributed by atoms with Gasteiger partial charge in [0.1, 0.15) is 24.2 Å². The van der Waals surface area contributed by atoms with Crippen LogP contribution in [0, 0.1) is 0 Å². The Morgan fingerprint density at radius 1 is 1.19 bits per heavy atom. The van der Waals surface area contributed by atoms with Gasteiger partial charge < -0.3 is 24.3 Å². The summed E-state index contributed by atoms with van der Waals surface area (Å²) >= 11 is 0. The number of carbonyl (C=O) groups excluding carboxylic acids is 1. The molecule has 2 aromatic carbocycles. The Kier molecular flexibility index (Phi) is 5.84. The molecule has 26 heavy (non-hydrogen) atoms. The van der Waals surface area contributed by atoms with Gasteiger partial charge in [-0.05, 0) is 30.7 Å². The van der Waals surface area contributed by atoms with Crippen LogP contribution < -0.4 is 24.3 Å². The quantitative estimate of drug-likeness (QED) is 0.825. The zero-order valence-electron chi connectivity index (χ0n) is 14.9. The minimum atomic E-state index is -0.584. The van der Waals surface area contributed by atoms with Crippen molar-refractivity contribution in [1.82, 2.24) is 5.32 Å². The van der Waals surface area contributed by atoms with E-state index in [9.17, 15) is 4.79 Å². The van der Waals surface area contributed by atoms with Crippen LogP contribution >= 0.6 is 0 Å². The standard InChI is InChI=1S/C20H23NO5/c1-3-17(25-15-8-6-7-14(11-15)23-2)20(22)21-12-16-13-24-18-9-4-5-10-19(18)26-16/h4-11,16-17H,3,12-13H2,1-2H3,(H,21,22)/t16-,17+/m0/s1. The molecule has 2 aromatic rings. The van der Waals surface area contributed by atoms with Gasteiger partial charge >= 0.3 is 0 Å². The largest absolute Gasteiger partial charge is 0.497 e. The van der Waals surface area contributed by atoms with Gasteiger partial charge in [0.05, 0.1) is 13.7 Å². The van der Waals surface area contributed by atoms with Gasteiger partial charge in [-0.1, -0.05) is 25.1 Å². The Balaban J connectivity index is 1.53. The van der Waals surface area contributed by atoms with Crippen LogP contribution in [-0.2, 0) is 4.79 Å². The van der Waals surface area contributed by atoms with E-state index < -0.39 is 6.10 Å². The molecule has 1 aliphatic heterocycles. The van der Waals surface area contributed by atoms with Crippen LogP contribution in [0.4, 0.5) is 0 Å². The van der Waals surface area contributed by atoms with E-state index in [0.717, 1.165) is 5.75 Å². The lowest BCUT2D eigenvalue weighted by Gasteiger charge is -2.27. The Bertz CT molecular complexity index is 748. The Labute approximate surface area is 153 Å². The SMILES string of the molecule is CC[C@@H](Oc1cccc(OC)c1)C(=O)NC[C@H]1COc2ccccc2O1. The number of para-hydroxylation sites is 2. The summed E-state index contributed by atoms with van der Waals surface area (Å²) in [5.74, 6) is 2.51. The molecular formula is C20H23NO5. The summed E-state index contributed by atoms with van der Waals surface area (Å²) in [6.07, 6.45) is -0.268. The smallest absolute Gasteiger partial charge is 0.261 e. The third kappa shape index (κ3) is 4.39. The summed E-state index contributed by atoms with van der Waals surface area (Å²) < 4.78 is 22.5. The highest BCUT2D eigenvalue weighted by Gasteiger charge is 2.24. The molecule has 0 saturated heterocycles. The third-order valence-corrected chi connectivity index (χ3v) is 4.05. The Morgan fingerprint density at radius 3 is 2.73 bits per heavy atom. The van der Waals surface area contributed by atoms with Crippen molar-refractivity contribution in [3.8, 4) is 23.0 Å². The van der Waals surface area contributed by atoms with E-state index in [-0.39, 0.29) is 12.0 Å². The van der Waals surface area contributed by atoms with E-state index in [1.807, 2.05) is 43.3 Å². The zero-order chi connectivity index (χ0) is 18.4. The van der Waals surface area contributed by atoms with Crippen molar-refractivity contribution in [2.24, 2.45) is 0 Å². The molecule has 1 heterocycles. The van der Waals surface area contributed by atoms with Crippen LogP contribution in [0.3, 0.4) is 0 Å². The number of rotatable bonds is 7. The van der Waals surface area contributed by atoms with E-state index in [4.69, 9.17) is 18.9 Å². The zero-order valence-corrected chi connectivity index (χ0v) is 14.9. The van der Waals surface area contributed by atoms with Crippen LogP contribution in [0.2, 0.25) is 0 Å². The van der Waals surface area contributed by atoms with Crippen molar-refractivity contribution < 1.29 is 23.7 Å². The first-order valence-corrected chi connectivity index (χ1v) is 8.66. The van der Waals surface area contributed by atoms with Crippen molar-refractivity contribution in [2.75, 3.05) is 20.3 Å². The van der Waals surface area contributed by atoms with Crippen LogP contribution in [0.5, 0.6) is 23.0 Å². The maximum Gasteiger partial charge on any atom is 0.261 e. The molecule has 0 aromatic heterocycles. The van der Waals surface area contributed by atoms with Gasteiger partial charge in [0.15, 0.2) is 17.6 Å². The number of ether oxygens (including phenoxy) is 4. The van der Waals surface area contributed by atoms with Gasteiger partial charge in [-0.25, -0.2) is 0 Å². The van der Waals surface area contributed by atoms with Crippen LogP contribution in [0.25, 0.3) is 0 Å². The van der Waals surface area contributed by atoms with Crippen LogP contribution in [0.1, 0.15) is 13.3 Å². The molecule has 3 rings (SSSR count). The number of hydrogen-bond acceptors (Lipinski definition) is 5. The van der Waals surface area contributed by atoms with Gasteiger partial charge in [-0.2, -0.15) is 0 Å². The second kappa shape index (κ2) is 8.47. The Hall–Kier alpha value is -2.89. The maximum absolute atomic E-state index is 12.5. The summed E-state index contributed by atoms with van der Waals surface area (Å²) in [4.78, 5) is 12.5. The fraction of sp³-hybridized carbons (Fsp3) is 0.350. The first kappa shape index (κ1) is 17.9.